The van der Waals surface area contributed by atoms with Crippen LogP contribution in [0.25, 0.3) is 0 Å². The van der Waals surface area contributed by atoms with Gasteiger partial charge in [-0.25, -0.2) is 0 Å². The molecule has 228 valence electrons. The molecule has 1 unspecified atom stereocenters. The van der Waals surface area contributed by atoms with Crippen LogP contribution in [-0.4, -0.2) is 11.1 Å². The molecule has 0 heterocycles. The number of carboxylic acid groups (broad SMARTS) is 1. The van der Waals surface area contributed by atoms with Crippen molar-refractivity contribution in [2.75, 3.05) is 0 Å². The fourth-order valence-corrected chi connectivity index (χ4v) is 6.03. The Morgan fingerprint density at radius 2 is 0.605 bits per heavy atom. The van der Waals surface area contributed by atoms with Gasteiger partial charge in [0.1, 0.15) is 0 Å². The van der Waals surface area contributed by atoms with Crippen LogP contribution in [0.15, 0.2) is 0 Å². The molecule has 0 amide bonds. The van der Waals surface area contributed by atoms with Crippen molar-refractivity contribution in [3.05, 3.63) is 0 Å². The summed E-state index contributed by atoms with van der Waals surface area (Å²) in [4.78, 5) is 11.3. The molecule has 0 fully saturated rings. The summed E-state index contributed by atoms with van der Waals surface area (Å²) in [5.74, 6) is -0.187. The maximum atomic E-state index is 11.3. The Kier molecular flexibility index (Phi) is 32.2. The lowest BCUT2D eigenvalue weighted by molar-refractivity contribution is -0.138. The first kappa shape index (κ1) is 37.5. The molecule has 38 heavy (non-hydrogen) atoms. The second-order valence-corrected chi connectivity index (χ2v) is 12.6. The Balaban J connectivity index is 3.48. The van der Waals surface area contributed by atoms with E-state index in [0.29, 0.717) is 12.3 Å². The highest BCUT2D eigenvalue weighted by molar-refractivity contribution is 5.66. The Hall–Kier alpha value is -0.530. The number of hydrogen-bond donors (Lipinski definition) is 1. The van der Waals surface area contributed by atoms with Crippen molar-refractivity contribution in [2.24, 2.45) is 5.92 Å². The molecule has 0 aromatic carbocycles. The van der Waals surface area contributed by atoms with Crippen LogP contribution >= 0.6 is 0 Å². The number of hydrogen-bond acceptors (Lipinski definition) is 1. The van der Waals surface area contributed by atoms with Gasteiger partial charge in [-0.2, -0.15) is 0 Å². The number of carbonyl (C=O) groups is 1. The maximum Gasteiger partial charge on any atom is 0.303 e. The molecule has 0 aliphatic carbocycles. The summed E-state index contributed by atoms with van der Waals surface area (Å²) in [6, 6.07) is 0. The Morgan fingerprint density at radius 1 is 0.395 bits per heavy atom. The van der Waals surface area contributed by atoms with Gasteiger partial charge in [0.05, 0.1) is 0 Å². The van der Waals surface area contributed by atoms with Crippen molar-refractivity contribution in [1.82, 2.24) is 0 Å². The van der Waals surface area contributed by atoms with E-state index in [0.717, 1.165) is 12.8 Å². The van der Waals surface area contributed by atoms with Gasteiger partial charge < -0.3 is 5.11 Å². The van der Waals surface area contributed by atoms with Crippen molar-refractivity contribution in [3.63, 3.8) is 0 Å². The molecule has 2 nitrogen and oxygen atoms in total. The molecule has 0 saturated heterocycles. The van der Waals surface area contributed by atoms with Gasteiger partial charge in [0.25, 0.3) is 0 Å². The topological polar surface area (TPSA) is 37.3 Å². The second kappa shape index (κ2) is 32.7. The minimum Gasteiger partial charge on any atom is -0.481 e. The number of aliphatic carboxylic acids is 1. The highest BCUT2D eigenvalue weighted by Gasteiger charge is 2.12. The average Bonchev–Trinajstić information content (AvgIpc) is 2.90. The van der Waals surface area contributed by atoms with Crippen LogP contribution < -0.4 is 0 Å². The number of unbranched alkanes of at least 4 members (excludes halogenated alkanes) is 27. The lowest BCUT2D eigenvalue weighted by Gasteiger charge is -2.14. The molecule has 0 radical (unpaired) electrons. The summed E-state index contributed by atoms with van der Waals surface area (Å²) in [6.07, 6.45) is 43.0. The standard InChI is InChI=1S/C36H72O2/c1-3-5-7-9-11-13-15-17-18-19-21-23-25-27-29-31-33-35(34-36(37)38)32-30-28-26-24-22-20-16-14-12-10-8-6-4-2/h35H,3-34H2,1-2H3,(H,37,38). The van der Waals surface area contributed by atoms with E-state index in [9.17, 15) is 9.90 Å². The molecular formula is C36H72O2. The number of rotatable bonds is 33. The Bertz CT molecular complexity index is 447. The van der Waals surface area contributed by atoms with E-state index in [1.165, 1.54) is 186 Å². The highest BCUT2D eigenvalue weighted by atomic mass is 16.4. The minimum absolute atomic E-state index is 0.386. The zero-order chi connectivity index (χ0) is 27.8. The van der Waals surface area contributed by atoms with Gasteiger partial charge in [0, 0.05) is 6.42 Å². The van der Waals surface area contributed by atoms with Crippen molar-refractivity contribution >= 4 is 5.97 Å². The van der Waals surface area contributed by atoms with E-state index >= 15 is 0 Å². The van der Waals surface area contributed by atoms with Gasteiger partial charge in [-0.05, 0) is 18.8 Å². The highest BCUT2D eigenvalue weighted by Crippen LogP contribution is 2.23. The van der Waals surface area contributed by atoms with Crippen molar-refractivity contribution < 1.29 is 9.90 Å². The summed E-state index contributed by atoms with van der Waals surface area (Å²) in [5.41, 5.74) is 0. The summed E-state index contributed by atoms with van der Waals surface area (Å²) in [7, 11) is 0. The monoisotopic (exact) mass is 537 g/mol. The van der Waals surface area contributed by atoms with Crippen LogP contribution in [0.4, 0.5) is 0 Å². The zero-order valence-corrected chi connectivity index (χ0v) is 26.6. The lowest BCUT2D eigenvalue weighted by atomic mass is 9.91. The first-order valence-electron chi connectivity index (χ1n) is 17.9. The van der Waals surface area contributed by atoms with Crippen LogP contribution in [0.3, 0.4) is 0 Å². The van der Waals surface area contributed by atoms with E-state index in [1.54, 1.807) is 0 Å². The predicted molar refractivity (Wildman–Crippen MR) is 170 cm³/mol. The quantitative estimate of drug-likeness (QED) is 0.0847. The molecule has 0 aromatic rings. The molecule has 0 spiro atoms. The van der Waals surface area contributed by atoms with Gasteiger partial charge in [0.2, 0.25) is 0 Å². The third-order valence-electron chi connectivity index (χ3n) is 8.65. The van der Waals surface area contributed by atoms with E-state index in [2.05, 4.69) is 13.8 Å². The van der Waals surface area contributed by atoms with Crippen LogP contribution in [0.2, 0.25) is 0 Å². The minimum atomic E-state index is -0.596. The lowest BCUT2D eigenvalue weighted by Crippen LogP contribution is -2.08. The van der Waals surface area contributed by atoms with Gasteiger partial charge in [-0.3, -0.25) is 4.79 Å². The third-order valence-corrected chi connectivity index (χ3v) is 8.65. The Labute approximate surface area is 240 Å². The van der Waals surface area contributed by atoms with Crippen LogP contribution in [-0.2, 0) is 4.79 Å². The summed E-state index contributed by atoms with van der Waals surface area (Å²) in [6.45, 7) is 4.58. The largest absolute Gasteiger partial charge is 0.481 e. The smallest absolute Gasteiger partial charge is 0.303 e. The van der Waals surface area contributed by atoms with Crippen molar-refractivity contribution in [2.45, 2.75) is 219 Å². The SMILES string of the molecule is CCCCCCCCCCCCCCCCCCC(CCCCCCCCCCCCCCC)CC(=O)O. The summed E-state index contributed by atoms with van der Waals surface area (Å²) < 4.78 is 0. The van der Waals surface area contributed by atoms with Gasteiger partial charge >= 0.3 is 5.97 Å². The molecule has 0 aromatic heterocycles. The van der Waals surface area contributed by atoms with E-state index in [-0.39, 0.29) is 0 Å². The first-order valence-corrected chi connectivity index (χ1v) is 17.9. The van der Waals surface area contributed by atoms with Crippen LogP contribution in [0.1, 0.15) is 219 Å². The molecule has 0 rings (SSSR count). The number of carboxylic acids is 1. The fraction of sp³-hybridized carbons (Fsp3) is 0.972. The van der Waals surface area contributed by atoms with Gasteiger partial charge in [0.15, 0.2) is 0 Å². The molecule has 0 aliphatic rings. The molecule has 1 atom stereocenters. The molecule has 0 bridgehead atoms. The Morgan fingerprint density at radius 3 is 0.816 bits per heavy atom. The summed E-state index contributed by atoms with van der Waals surface area (Å²) in [5, 5.41) is 9.32. The van der Waals surface area contributed by atoms with Crippen LogP contribution in [0, 0.1) is 5.92 Å². The molecule has 0 aliphatic heterocycles. The second-order valence-electron chi connectivity index (χ2n) is 12.6. The van der Waals surface area contributed by atoms with E-state index in [4.69, 9.17) is 0 Å². The van der Waals surface area contributed by atoms with Gasteiger partial charge in [-0.15, -0.1) is 0 Å². The average molecular weight is 537 g/mol. The molecular weight excluding hydrogens is 464 g/mol. The maximum absolute atomic E-state index is 11.3. The predicted octanol–water partition coefficient (Wildman–Crippen LogP) is 13.2. The zero-order valence-electron chi connectivity index (χ0n) is 26.6. The van der Waals surface area contributed by atoms with Crippen molar-refractivity contribution in [1.29, 1.82) is 0 Å². The first-order chi connectivity index (χ1) is 18.7. The fourth-order valence-electron chi connectivity index (χ4n) is 6.03. The van der Waals surface area contributed by atoms with Crippen molar-refractivity contribution in [3.8, 4) is 0 Å². The summed E-state index contributed by atoms with van der Waals surface area (Å²) >= 11 is 0. The van der Waals surface area contributed by atoms with E-state index in [1.807, 2.05) is 0 Å². The van der Waals surface area contributed by atoms with E-state index < -0.39 is 5.97 Å². The molecule has 2 heteroatoms. The molecule has 0 saturated carbocycles. The third kappa shape index (κ3) is 31.7. The van der Waals surface area contributed by atoms with Crippen LogP contribution in [0.5, 0.6) is 0 Å². The van der Waals surface area contributed by atoms with Gasteiger partial charge in [-0.1, -0.05) is 200 Å². The normalized spacial score (nSPS) is 12.3. The molecule has 1 N–H and O–H groups in total.